The van der Waals surface area contributed by atoms with Gasteiger partial charge >= 0.3 is 0 Å². The third kappa shape index (κ3) is 4.25. The van der Waals surface area contributed by atoms with E-state index in [2.05, 4.69) is 116 Å². The summed E-state index contributed by atoms with van der Waals surface area (Å²) in [4.78, 5) is 15.5. The zero-order chi connectivity index (χ0) is 30.8. The first-order chi connectivity index (χ1) is 22.6. The summed E-state index contributed by atoms with van der Waals surface area (Å²) < 4.78 is 4.89. The third-order valence-electron chi connectivity index (χ3n) is 10.0. The van der Waals surface area contributed by atoms with E-state index < -0.39 is 0 Å². The van der Waals surface area contributed by atoms with Crippen molar-refractivity contribution < 1.29 is 9.13 Å². The molecule has 222 valence electrons. The van der Waals surface area contributed by atoms with Crippen LogP contribution in [0.5, 0.6) is 0 Å². The Morgan fingerprint density at radius 1 is 0.630 bits per heavy atom. The number of rotatable bonds is 4. The predicted molar refractivity (Wildman–Crippen MR) is 185 cm³/mol. The van der Waals surface area contributed by atoms with Crippen LogP contribution in [0.3, 0.4) is 0 Å². The summed E-state index contributed by atoms with van der Waals surface area (Å²) in [5, 5.41) is 2.27. The summed E-state index contributed by atoms with van der Waals surface area (Å²) in [5.74, 6) is 0. The van der Waals surface area contributed by atoms with Gasteiger partial charge in [0.1, 0.15) is 11.3 Å². The number of aromatic nitrogens is 6. The van der Waals surface area contributed by atoms with Crippen molar-refractivity contribution in [3.05, 3.63) is 130 Å². The summed E-state index contributed by atoms with van der Waals surface area (Å²) >= 11 is 0. The molecule has 0 bridgehead atoms. The average Bonchev–Trinajstić information content (AvgIpc) is 3.72. The summed E-state index contributed by atoms with van der Waals surface area (Å²) in [6, 6.07) is 17.4. The lowest BCUT2D eigenvalue weighted by Crippen LogP contribution is -2.43. The Balaban J connectivity index is 1.17. The highest BCUT2D eigenvalue weighted by Gasteiger charge is 2.36. The van der Waals surface area contributed by atoms with E-state index in [1.807, 2.05) is 36.9 Å². The number of pyridine rings is 4. The highest BCUT2D eigenvalue weighted by Crippen LogP contribution is 2.43. The molecule has 2 N–H and O–H groups in total. The first kappa shape index (κ1) is 26.8. The first-order valence-corrected chi connectivity index (χ1v) is 16.1. The molecule has 0 radical (unpaired) electrons. The Hall–Kier alpha value is -5.62. The van der Waals surface area contributed by atoms with E-state index >= 15 is 0 Å². The molecule has 2 aliphatic rings. The molecular weight excluding hydrogens is 564 g/mol. The van der Waals surface area contributed by atoms with Crippen LogP contribution in [0.2, 0.25) is 0 Å². The summed E-state index contributed by atoms with van der Waals surface area (Å²) in [5.41, 5.74) is 17.8. The van der Waals surface area contributed by atoms with Crippen LogP contribution in [0.1, 0.15) is 44.5 Å². The molecule has 8 heterocycles. The van der Waals surface area contributed by atoms with E-state index in [0.717, 1.165) is 59.1 Å². The van der Waals surface area contributed by atoms with E-state index in [4.69, 9.17) is 0 Å². The van der Waals surface area contributed by atoms with Crippen molar-refractivity contribution in [2.45, 2.75) is 39.8 Å². The number of hydrogen-bond donors (Lipinski definition) is 2. The minimum absolute atomic E-state index is 0.915. The molecule has 0 amide bonds. The lowest BCUT2D eigenvalue weighted by molar-refractivity contribution is -0.689. The van der Waals surface area contributed by atoms with E-state index in [1.54, 1.807) is 0 Å². The molecule has 2 aliphatic heterocycles. The van der Waals surface area contributed by atoms with Gasteiger partial charge in [-0.2, -0.15) is 9.13 Å². The quantitative estimate of drug-likeness (QED) is 0.207. The predicted octanol–water partition coefficient (Wildman–Crippen LogP) is 7.42. The molecule has 1 aromatic carbocycles. The zero-order valence-electron chi connectivity index (χ0n) is 26.0. The molecule has 0 atom stereocenters. The summed E-state index contributed by atoms with van der Waals surface area (Å²) in [6.07, 6.45) is 23.2. The van der Waals surface area contributed by atoms with Gasteiger partial charge in [-0.3, -0.25) is 0 Å². The smallest absolute Gasteiger partial charge is 0.214 e. The Bertz CT molecular complexity index is 2230. The number of nitrogens with one attached hydrogen (secondary N) is 2. The minimum atomic E-state index is 0.915. The van der Waals surface area contributed by atoms with Crippen LogP contribution in [0.25, 0.3) is 68.9 Å². The molecule has 0 spiro atoms. The summed E-state index contributed by atoms with van der Waals surface area (Å²) in [7, 11) is 0. The van der Waals surface area contributed by atoms with Gasteiger partial charge in [0.2, 0.25) is 11.4 Å². The second-order valence-corrected chi connectivity index (χ2v) is 12.5. The molecule has 7 aromatic rings. The molecule has 9 rings (SSSR count). The number of H-pyrrole nitrogens is 2. The number of hydrogen-bond acceptors (Lipinski definition) is 2. The highest BCUT2D eigenvalue weighted by molar-refractivity contribution is 5.92. The number of fused-ring (bicyclic) bond motifs is 9. The maximum Gasteiger partial charge on any atom is 0.214 e. The van der Waals surface area contributed by atoms with Gasteiger partial charge in [-0.1, -0.05) is 24.3 Å². The maximum absolute atomic E-state index is 4.45. The van der Waals surface area contributed by atoms with Crippen molar-refractivity contribution in [2.75, 3.05) is 0 Å². The molecule has 6 nitrogen and oxygen atoms in total. The van der Waals surface area contributed by atoms with Gasteiger partial charge in [-0.25, -0.2) is 9.97 Å². The molecule has 0 saturated carbocycles. The van der Waals surface area contributed by atoms with Crippen molar-refractivity contribution >= 4 is 46.4 Å². The fourth-order valence-electron chi connectivity index (χ4n) is 7.51. The molecule has 0 unspecified atom stereocenters. The standard InChI is InChI=1S/C40H32N6/c1-25-26(2)32-14-20-46-18-12-28(8-10-30-24-44-40-34(30)6-4-16-42-40)22-36(46)38(32)37-31(25)13-19-45-17-11-27(21-35(37)45)7-9-29-23-43-39-33(29)5-3-15-41-39/h3-12,15-18,21-24H,13-14,19-20H2,1-2H3/p+2. The van der Waals surface area contributed by atoms with Gasteiger partial charge in [-0.05, 0) is 71.5 Å². The van der Waals surface area contributed by atoms with Gasteiger partial charge < -0.3 is 9.97 Å². The largest absolute Gasteiger partial charge is 0.346 e. The highest BCUT2D eigenvalue weighted by atomic mass is 15.0. The van der Waals surface area contributed by atoms with Gasteiger partial charge in [-0.15, -0.1) is 0 Å². The summed E-state index contributed by atoms with van der Waals surface area (Å²) in [6.45, 7) is 6.64. The second-order valence-electron chi connectivity index (χ2n) is 12.5. The minimum Gasteiger partial charge on any atom is -0.346 e. The van der Waals surface area contributed by atoms with Gasteiger partial charge in [0.15, 0.2) is 25.5 Å². The monoisotopic (exact) mass is 598 g/mol. The first-order valence-electron chi connectivity index (χ1n) is 16.1. The van der Waals surface area contributed by atoms with Crippen molar-refractivity contribution in [3.63, 3.8) is 0 Å². The van der Waals surface area contributed by atoms with E-state index in [9.17, 15) is 0 Å². The third-order valence-corrected chi connectivity index (χ3v) is 10.0. The lowest BCUT2D eigenvalue weighted by Gasteiger charge is -2.27. The van der Waals surface area contributed by atoms with Crippen LogP contribution in [-0.4, -0.2) is 19.9 Å². The van der Waals surface area contributed by atoms with Crippen LogP contribution in [0, 0.1) is 13.8 Å². The van der Waals surface area contributed by atoms with Crippen molar-refractivity contribution in [3.8, 4) is 22.5 Å². The fourth-order valence-corrected chi connectivity index (χ4v) is 7.51. The second kappa shape index (κ2) is 10.5. The Kier molecular flexibility index (Phi) is 6.10. The number of benzene rings is 1. The van der Waals surface area contributed by atoms with Crippen molar-refractivity contribution in [1.29, 1.82) is 0 Å². The molecule has 6 aromatic heterocycles. The van der Waals surface area contributed by atoms with E-state index in [0.29, 0.717) is 0 Å². The van der Waals surface area contributed by atoms with E-state index in [-0.39, 0.29) is 0 Å². The van der Waals surface area contributed by atoms with Crippen LogP contribution in [0.4, 0.5) is 0 Å². The van der Waals surface area contributed by atoms with Gasteiger partial charge in [0.05, 0.1) is 11.1 Å². The molecule has 46 heavy (non-hydrogen) atoms. The van der Waals surface area contributed by atoms with Crippen LogP contribution < -0.4 is 9.13 Å². The molecule has 0 aliphatic carbocycles. The van der Waals surface area contributed by atoms with Gasteiger partial charge in [0.25, 0.3) is 0 Å². The topological polar surface area (TPSA) is 65.1 Å². The van der Waals surface area contributed by atoms with Crippen LogP contribution in [0.15, 0.2) is 85.7 Å². The fraction of sp³-hybridized carbons (Fsp3) is 0.150. The van der Waals surface area contributed by atoms with Crippen LogP contribution in [-0.2, 0) is 25.9 Å². The lowest BCUT2D eigenvalue weighted by atomic mass is 9.79. The van der Waals surface area contributed by atoms with Crippen molar-refractivity contribution in [1.82, 2.24) is 19.9 Å². The SMILES string of the molecule is Cc1c(C)c2c(c3c1CC[n+]1ccc(/C=C/c4c[nH]c5ncccc45)cc1-3)-c1cc(/C=C/c3c[nH]c4ncccc34)cc[n+]1CC2. The molecule has 0 fully saturated rings. The Morgan fingerprint density at radius 2 is 1.11 bits per heavy atom. The van der Waals surface area contributed by atoms with Gasteiger partial charge in [0, 0.05) is 83.8 Å². The Morgan fingerprint density at radius 3 is 1.59 bits per heavy atom. The zero-order valence-corrected chi connectivity index (χ0v) is 26.0. The molecule has 0 saturated heterocycles. The molecule has 6 heteroatoms. The number of aromatic amines is 2. The number of aryl methyl sites for hydroxylation is 2. The van der Waals surface area contributed by atoms with Crippen LogP contribution >= 0.6 is 0 Å². The van der Waals surface area contributed by atoms with Crippen molar-refractivity contribution in [2.24, 2.45) is 0 Å². The normalized spacial score (nSPS) is 13.8. The Labute approximate surface area is 267 Å². The van der Waals surface area contributed by atoms with E-state index in [1.165, 1.54) is 55.9 Å². The average molecular weight is 599 g/mol. The maximum atomic E-state index is 4.45. The number of nitrogens with zero attached hydrogens (tertiary/aromatic N) is 4. The molecular formula is C40H34N6+2.